The Morgan fingerprint density at radius 1 is 1.43 bits per heavy atom. The number of ketones is 1. The number of carboxylic acids is 1. The van der Waals surface area contributed by atoms with Gasteiger partial charge in [-0.15, -0.1) is 0 Å². The first kappa shape index (κ1) is 16.8. The van der Waals surface area contributed by atoms with E-state index in [2.05, 4.69) is 0 Å². The van der Waals surface area contributed by atoms with E-state index < -0.39 is 23.7 Å². The van der Waals surface area contributed by atoms with Crippen molar-refractivity contribution >= 4 is 11.8 Å². The van der Waals surface area contributed by atoms with E-state index in [9.17, 15) is 19.1 Å². The molecule has 0 saturated carbocycles. The Balaban J connectivity index is 2.75. The maximum absolute atomic E-state index is 13.5. The number of hydrogen-bond acceptors (Lipinski definition) is 4. The van der Waals surface area contributed by atoms with Crippen molar-refractivity contribution in [2.24, 2.45) is 11.7 Å². The largest absolute Gasteiger partial charge is 0.481 e. The molecule has 0 aliphatic rings. The molecule has 0 aliphatic heterocycles. The zero-order valence-corrected chi connectivity index (χ0v) is 11.7. The minimum absolute atomic E-state index is 0.0794. The topological polar surface area (TPSA) is 104 Å². The fourth-order valence-corrected chi connectivity index (χ4v) is 1.96. The van der Waals surface area contributed by atoms with Crippen LogP contribution in [0.4, 0.5) is 4.39 Å². The lowest BCUT2D eigenvalue weighted by molar-refractivity contribution is -0.142. The highest BCUT2D eigenvalue weighted by Gasteiger charge is 2.21. The number of benzene rings is 1. The summed E-state index contributed by atoms with van der Waals surface area (Å²) in [4.78, 5) is 22.3. The van der Waals surface area contributed by atoms with Crippen LogP contribution in [0.2, 0.25) is 0 Å². The summed E-state index contributed by atoms with van der Waals surface area (Å²) in [7, 11) is 0. The summed E-state index contributed by atoms with van der Waals surface area (Å²) in [5, 5.41) is 17.8. The predicted octanol–water partition coefficient (Wildman–Crippen LogP) is 1.64. The van der Waals surface area contributed by atoms with Gasteiger partial charge in [0.2, 0.25) is 0 Å². The molecule has 0 aliphatic carbocycles. The molecule has 112 valence electrons. The third-order valence-corrected chi connectivity index (χ3v) is 3.33. The van der Waals surface area contributed by atoms with E-state index in [1.165, 1.54) is 25.1 Å². The number of aliphatic carboxylic acids is 1. The van der Waals surface area contributed by atoms with E-state index in [4.69, 9.17) is 11.0 Å². The highest BCUT2D eigenvalue weighted by atomic mass is 18.2. The number of hydrogen-bond donors (Lipinski definition) is 2. The molecule has 0 saturated heterocycles. The normalized spacial score (nSPS) is 13.2. The van der Waals surface area contributed by atoms with Crippen molar-refractivity contribution < 1.29 is 19.1 Å². The highest BCUT2D eigenvalue weighted by molar-refractivity contribution is 5.81. The summed E-state index contributed by atoms with van der Waals surface area (Å²) in [5.74, 6) is -2.62. The predicted molar refractivity (Wildman–Crippen MR) is 73.8 cm³/mol. The Morgan fingerprint density at radius 3 is 2.57 bits per heavy atom. The summed E-state index contributed by atoms with van der Waals surface area (Å²) in [6.07, 6.45) is 0.630. The molecular formula is C15H17FN2O3. The summed E-state index contributed by atoms with van der Waals surface area (Å²) < 4.78 is 13.5. The minimum atomic E-state index is -1.02. The fourth-order valence-electron chi connectivity index (χ4n) is 1.96. The van der Waals surface area contributed by atoms with E-state index in [1.807, 2.05) is 0 Å². The van der Waals surface area contributed by atoms with Crippen molar-refractivity contribution in [3.05, 3.63) is 35.1 Å². The molecule has 1 rings (SSSR count). The maximum atomic E-state index is 13.5. The number of nitrogens with two attached hydrogens (primary N) is 1. The summed E-state index contributed by atoms with van der Waals surface area (Å²) in [6.45, 7) is 1.36. The lowest BCUT2D eigenvalue weighted by Crippen LogP contribution is -2.30. The van der Waals surface area contributed by atoms with Crippen LogP contribution < -0.4 is 5.73 Å². The van der Waals surface area contributed by atoms with E-state index in [1.54, 1.807) is 6.07 Å². The average molecular weight is 291 g/mol. The van der Waals surface area contributed by atoms with Crippen molar-refractivity contribution in [2.45, 2.75) is 32.2 Å². The number of rotatable bonds is 7. The smallest absolute Gasteiger partial charge is 0.306 e. The first-order valence-corrected chi connectivity index (χ1v) is 6.52. The number of carbonyl (C=O) groups is 2. The Morgan fingerprint density at radius 2 is 2.10 bits per heavy atom. The Kier molecular flexibility index (Phi) is 6.00. The zero-order chi connectivity index (χ0) is 16.0. The Labute approximate surface area is 122 Å². The van der Waals surface area contributed by atoms with Gasteiger partial charge < -0.3 is 10.8 Å². The van der Waals surface area contributed by atoms with Crippen LogP contribution in [0.15, 0.2) is 18.2 Å². The van der Waals surface area contributed by atoms with Gasteiger partial charge in [-0.3, -0.25) is 9.59 Å². The molecule has 3 N–H and O–H groups in total. The number of nitrogens with zero attached hydrogens (tertiary/aromatic N) is 1. The van der Waals surface area contributed by atoms with E-state index in [-0.39, 0.29) is 30.6 Å². The van der Waals surface area contributed by atoms with Crippen molar-refractivity contribution in [1.29, 1.82) is 5.26 Å². The summed E-state index contributed by atoms with van der Waals surface area (Å²) in [5.41, 5.74) is 6.00. The second-order valence-corrected chi connectivity index (χ2v) is 4.96. The van der Waals surface area contributed by atoms with Gasteiger partial charge >= 0.3 is 5.97 Å². The number of Topliss-reactive ketones (excluding diaryl/α,β-unsaturated/α-hetero) is 1. The van der Waals surface area contributed by atoms with Crippen LogP contribution in [0.5, 0.6) is 0 Å². The number of halogens is 1. The standard InChI is InChI=1S/C15H17FN2O3/c1-9(19)14(18)5-4-11(15(20)21)6-10-2-3-12(8-17)13(16)7-10/h2-3,7,11,14H,4-6,18H2,1H3,(H,20,21)/t11?,14-/m0/s1/i16-1. The van der Waals surface area contributed by atoms with Gasteiger partial charge in [-0.1, -0.05) is 6.07 Å². The molecule has 1 aromatic carbocycles. The molecule has 0 fully saturated rings. The molecule has 6 heteroatoms. The van der Waals surface area contributed by atoms with Crippen LogP contribution in [0.1, 0.15) is 30.9 Å². The summed E-state index contributed by atoms with van der Waals surface area (Å²) >= 11 is 0. The van der Waals surface area contributed by atoms with Crippen LogP contribution in [0.25, 0.3) is 0 Å². The quantitative estimate of drug-likeness (QED) is 0.794. The summed E-state index contributed by atoms with van der Waals surface area (Å²) in [6, 6.07) is 5.05. The molecule has 1 aromatic rings. The average Bonchev–Trinajstić information content (AvgIpc) is 2.42. The van der Waals surface area contributed by atoms with Crippen LogP contribution in [-0.2, 0) is 16.0 Å². The van der Waals surface area contributed by atoms with Crippen molar-refractivity contribution in [3.63, 3.8) is 0 Å². The van der Waals surface area contributed by atoms with Gasteiger partial charge in [0.05, 0.1) is 17.5 Å². The molecule has 0 radical (unpaired) electrons. The highest BCUT2D eigenvalue weighted by Crippen LogP contribution is 2.18. The Hall–Kier alpha value is -2.26. The first-order valence-electron chi connectivity index (χ1n) is 6.52. The zero-order valence-electron chi connectivity index (χ0n) is 11.7. The first-order chi connectivity index (χ1) is 9.85. The van der Waals surface area contributed by atoms with Crippen LogP contribution in [-0.4, -0.2) is 22.9 Å². The van der Waals surface area contributed by atoms with Crippen molar-refractivity contribution in [3.8, 4) is 6.07 Å². The molecule has 0 spiro atoms. The molecule has 0 aromatic heterocycles. The Bertz CT molecular complexity index is 581. The minimum Gasteiger partial charge on any atom is -0.481 e. The van der Waals surface area contributed by atoms with Gasteiger partial charge in [-0.2, -0.15) is 5.26 Å². The lowest BCUT2D eigenvalue weighted by atomic mass is 9.92. The maximum Gasteiger partial charge on any atom is 0.306 e. The number of carbonyl (C=O) groups excluding carboxylic acids is 1. The molecule has 21 heavy (non-hydrogen) atoms. The van der Waals surface area contributed by atoms with Gasteiger partial charge in [0.1, 0.15) is 17.7 Å². The van der Waals surface area contributed by atoms with Gasteiger partial charge in [0.15, 0.2) is 0 Å². The van der Waals surface area contributed by atoms with Crippen LogP contribution >= 0.6 is 0 Å². The molecule has 2 atom stereocenters. The van der Waals surface area contributed by atoms with Gasteiger partial charge in [0, 0.05) is 0 Å². The van der Waals surface area contributed by atoms with Crippen LogP contribution in [0.3, 0.4) is 0 Å². The van der Waals surface area contributed by atoms with E-state index >= 15 is 0 Å². The van der Waals surface area contributed by atoms with Crippen molar-refractivity contribution in [2.75, 3.05) is 0 Å². The van der Waals surface area contributed by atoms with Crippen LogP contribution in [0, 0.1) is 23.1 Å². The SMILES string of the molecule is CC(=O)[C@@H](N)CCC(Cc1ccc(C#N)c([18F])c1)C(=O)O. The molecule has 1 unspecified atom stereocenters. The number of carboxylic acid groups (broad SMARTS) is 1. The molecule has 0 heterocycles. The van der Waals surface area contributed by atoms with Gasteiger partial charge in [-0.05, 0) is 43.9 Å². The van der Waals surface area contributed by atoms with E-state index in [0.29, 0.717) is 5.56 Å². The molecule has 0 bridgehead atoms. The second-order valence-electron chi connectivity index (χ2n) is 4.96. The third kappa shape index (κ3) is 4.97. The number of nitriles is 1. The van der Waals surface area contributed by atoms with E-state index in [0.717, 1.165) is 0 Å². The van der Waals surface area contributed by atoms with Crippen molar-refractivity contribution in [1.82, 2.24) is 0 Å². The fraction of sp³-hybridized carbons (Fsp3) is 0.400. The third-order valence-electron chi connectivity index (χ3n) is 3.33. The molecule has 0 amide bonds. The monoisotopic (exact) mass is 291 g/mol. The second kappa shape index (κ2) is 7.50. The lowest BCUT2D eigenvalue weighted by Gasteiger charge is -2.14. The molecule has 5 nitrogen and oxygen atoms in total. The van der Waals surface area contributed by atoms with Gasteiger partial charge in [0.25, 0.3) is 0 Å². The molecular weight excluding hydrogens is 274 g/mol. The van der Waals surface area contributed by atoms with Gasteiger partial charge in [-0.25, -0.2) is 4.39 Å².